The minimum Gasteiger partial charge on any atom is -0.480 e. The summed E-state index contributed by atoms with van der Waals surface area (Å²) in [5, 5.41) is 20.0. The molecule has 106 valence electrons. The Bertz CT molecular complexity index is 281. The highest BCUT2D eigenvalue weighted by atomic mass is 16.4. The van der Waals surface area contributed by atoms with E-state index in [9.17, 15) is 9.59 Å². The van der Waals surface area contributed by atoms with Crippen LogP contribution in [0, 0.1) is 5.92 Å². The van der Waals surface area contributed by atoms with Crippen molar-refractivity contribution in [3.8, 4) is 0 Å². The van der Waals surface area contributed by atoms with Crippen LogP contribution in [0.15, 0.2) is 0 Å². The Balaban J connectivity index is 4.40. The van der Waals surface area contributed by atoms with E-state index in [1.807, 2.05) is 6.92 Å². The summed E-state index contributed by atoms with van der Waals surface area (Å²) < 4.78 is 0. The third-order valence-electron chi connectivity index (χ3n) is 2.81. The largest absolute Gasteiger partial charge is 0.480 e. The number of carboxylic acid groups (broad SMARTS) is 1. The number of carbonyl (C=O) groups is 2. The van der Waals surface area contributed by atoms with Crippen LogP contribution in [0.2, 0.25) is 0 Å². The Hall–Kier alpha value is -1.30. The fraction of sp³-hybridized carbons (Fsp3) is 0.833. The zero-order valence-corrected chi connectivity index (χ0v) is 11.5. The van der Waals surface area contributed by atoms with Crippen molar-refractivity contribution in [3.63, 3.8) is 0 Å². The number of amides is 2. The van der Waals surface area contributed by atoms with E-state index in [-0.39, 0.29) is 19.1 Å². The van der Waals surface area contributed by atoms with E-state index >= 15 is 0 Å². The number of carbonyl (C=O) groups excluding carboxylic acids is 1. The Kier molecular flexibility index (Phi) is 7.35. The van der Waals surface area contributed by atoms with E-state index in [4.69, 9.17) is 10.2 Å². The van der Waals surface area contributed by atoms with Gasteiger partial charge >= 0.3 is 12.0 Å². The van der Waals surface area contributed by atoms with Gasteiger partial charge in [-0.15, -0.1) is 0 Å². The summed E-state index contributed by atoms with van der Waals surface area (Å²) in [5.74, 6) is -0.676. The van der Waals surface area contributed by atoms with Crippen LogP contribution in [-0.2, 0) is 4.79 Å². The lowest BCUT2D eigenvalue weighted by Crippen LogP contribution is -2.49. The molecule has 2 atom stereocenters. The molecule has 3 N–H and O–H groups in total. The predicted molar refractivity (Wildman–Crippen MR) is 68.3 cm³/mol. The summed E-state index contributed by atoms with van der Waals surface area (Å²) in [4.78, 5) is 24.2. The smallest absolute Gasteiger partial charge is 0.326 e. The van der Waals surface area contributed by atoms with Gasteiger partial charge < -0.3 is 20.4 Å². The number of hydrogen-bond donors (Lipinski definition) is 3. The molecule has 6 heteroatoms. The fourth-order valence-corrected chi connectivity index (χ4v) is 1.68. The number of aliphatic hydroxyl groups excluding tert-OH is 1. The van der Waals surface area contributed by atoms with Gasteiger partial charge in [-0.1, -0.05) is 13.8 Å². The molecule has 0 rings (SSSR count). The van der Waals surface area contributed by atoms with E-state index in [0.717, 1.165) is 6.42 Å². The third-order valence-corrected chi connectivity index (χ3v) is 2.81. The summed E-state index contributed by atoms with van der Waals surface area (Å²) in [7, 11) is 1.64. The molecule has 1 unspecified atom stereocenters. The summed E-state index contributed by atoms with van der Waals surface area (Å²) in [6, 6.07) is -1.44. The molecular formula is C12H24N2O4. The van der Waals surface area contributed by atoms with Crippen molar-refractivity contribution in [2.75, 3.05) is 13.7 Å². The first-order valence-corrected chi connectivity index (χ1v) is 6.16. The molecule has 0 radical (unpaired) electrons. The molecule has 0 spiro atoms. The molecule has 6 nitrogen and oxygen atoms in total. The van der Waals surface area contributed by atoms with Crippen molar-refractivity contribution in [2.45, 2.75) is 45.7 Å². The normalized spacial score (nSPS) is 14.1. The molecule has 0 aromatic carbocycles. The molecule has 0 aromatic heterocycles. The van der Waals surface area contributed by atoms with Gasteiger partial charge in [-0.05, 0) is 19.3 Å². The Morgan fingerprint density at radius 3 is 2.22 bits per heavy atom. The zero-order valence-electron chi connectivity index (χ0n) is 11.5. The quantitative estimate of drug-likeness (QED) is 0.634. The van der Waals surface area contributed by atoms with Crippen LogP contribution in [0.3, 0.4) is 0 Å². The maximum absolute atomic E-state index is 11.8. The van der Waals surface area contributed by atoms with E-state index < -0.39 is 18.0 Å². The number of hydrogen-bond acceptors (Lipinski definition) is 3. The van der Waals surface area contributed by atoms with Gasteiger partial charge in [0.1, 0.15) is 6.04 Å². The van der Waals surface area contributed by atoms with Crippen molar-refractivity contribution in [1.29, 1.82) is 0 Å². The number of rotatable bonds is 7. The second-order valence-electron chi connectivity index (χ2n) is 4.94. The van der Waals surface area contributed by atoms with Crippen LogP contribution >= 0.6 is 0 Å². The van der Waals surface area contributed by atoms with E-state index in [0.29, 0.717) is 5.92 Å². The molecule has 0 fully saturated rings. The average Bonchev–Trinajstić information content (AvgIpc) is 2.26. The summed E-state index contributed by atoms with van der Waals surface area (Å²) in [6.45, 7) is 5.77. The first kappa shape index (κ1) is 16.7. The number of carboxylic acids is 1. The van der Waals surface area contributed by atoms with Gasteiger partial charge in [-0.25, -0.2) is 9.59 Å². The van der Waals surface area contributed by atoms with Crippen molar-refractivity contribution in [2.24, 2.45) is 5.92 Å². The molecule has 0 aliphatic carbocycles. The second-order valence-corrected chi connectivity index (χ2v) is 4.94. The van der Waals surface area contributed by atoms with Gasteiger partial charge in [0.2, 0.25) is 0 Å². The van der Waals surface area contributed by atoms with Gasteiger partial charge in [0, 0.05) is 26.1 Å². The molecule has 18 heavy (non-hydrogen) atoms. The first-order chi connectivity index (χ1) is 8.29. The number of aliphatic carboxylic acids is 1. The Labute approximate surface area is 108 Å². The van der Waals surface area contributed by atoms with Crippen molar-refractivity contribution in [1.82, 2.24) is 10.2 Å². The molecule has 0 aromatic rings. The second kappa shape index (κ2) is 7.92. The summed E-state index contributed by atoms with van der Waals surface area (Å²) in [6.07, 6.45) is 0.856. The molecule has 0 saturated heterocycles. The maximum Gasteiger partial charge on any atom is 0.326 e. The SMILES string of the molecule is CC(C)CC(C)N(C)C(=O)N[C@H](CCO)C(=O)O. The maximum atomic E-state index is 11.8. The number of urea groups is 1. The lowest BCUT2D eigenvalue weighted by molar-refractivity contribution is -0.139. The number of nitrogens with zero attached hydrogens (tertiary/aromatic N) is 1. The van der Waals surface area contributed by atoms with Crippen molar-refractivity contribution >= 4 is 12.0 Å². The van der Waals surface area contributed by atoms with Gasteiger partial charge in [-0.3, -0.25) is 0 Å². The average molecular weight is 260 g/mol. The number of aliphatic hydroxyl groups is 1. The van der Waals surface area contributed by atoms with E-state index in [1.165, 1.54) is 4.90 Å². The first-order valence-electron chi connectivity index (χ1n) is 6.16. The van der Waals surface area contributed by atoms with Crippen LogP contribution in [0.1, 0.15) is 33.6 Å². The topological polar surface area (TPSA) is 89.9 Å². The molecule has 0 heterocycles. The van der Waals surface area contributed by atoms with Crippen LogP contribution < -0.4 is 5.32 Å². The highest BCUT2D eigenvalue weighted by Gasteiger charge is 2.23. The minimum atomic E-state index is -1.14. The van der Waals surface area contributed by atoms with Gasteiger partial charge in [0.15, 0.2) is 0 Å². The van der Waals surface area contributed by atoms with Crippen LogP contribution in [0.5, 0.6) is 0 Å². The summed E-state index contributed by atoms with van der Waals surface area (Å²) in [5.41, 5.74) is 0. The minimum absolute atomic E-state index is 0.00742. The molecule has 0 bridgehead atoms. The molecule has 2 amide bonds. The zero-order chi connectivity index (χ0) is 14.3. The van der Waals surface area contributed by atoms with Crippen molar-refractivity contribution < 1.29 is 19.8 Å². The molecule has 0 saturated carbocycles. The molecule has 0 aliphatic heterocycles. The predicted octanol–water partition coefficient (Wildman–Crippen LogP) is 0.898. The Morgan fingerprint density at radius 2 is 1.83 bits per heavy atom. The third kappa shape index (κ3) is 5.86. The van der Waals surface area contributed by atoms with Gasteiger partial charge in [-0.2, -0.15) is 0 Å². The Morgan fingerprint density at radius 1 is 1.28 bits per heavy atom. The lowest BCUT2D eigenvalue weighted by atomic mass is 10.0. The summed E-state index contributed by atoms with van der Waals surface area (Å²) >= 11 is 0. The van der Waals surface area contributed by atoms with Crippen LogP contribution in [-0.4, -0.2) is 52.9 Å². The molecule has 0 aliphatic rings. The fourth-order valence-electron chi connectivity index (χ4n) is 1.68. The molecular weight excluding hydrogens is 236 g/mol. The lowest BCUT2D eigenvalue weighted by Gasteiger charge is -2.27. The standard InChI is InChI=1S/C12H24N2O4/c1-8(2)7-9(3)14(4)12(18)13-10(5-6-15)11(16)17/h8-10,15H,5-7H2,1-4H3,(H,13,18)(H,16,17)/t9?,10-/m1/s1. The highest BCUT2D eigenvalue weighted by molar-refractivity contribution is 5.82. The van der Waals surface area contributed by atoms with Crippen LogP contribution in [0.4, 0.5) is 4.79 Å². The monoisotopic (exact) mass is 260 g/mol. The highest BCUT2D eigenvalue weighted by Crippen LogP contribution is 2.09. The number of nitrogens with one attached hydrogen (secondary N) is 1. The van der Waals surface area contributed by atoms with Crippen molar-refractivity contribution in [3.05, 3.63) is 0 Å². The van der Waals surface area contributed by atoms with E-state index in [2.05, 4.69) is 19.2 Å². The van der Waals surface area contributed by atoms with Crippen LogP contribution in [0.25, 0.3) is 0 Å². The van der Waals surface area contributed by atoms with Gasteiger partial charge in [0.05, 0.1) is 0 Å². The van der Waals surface area contributed by atoms with Gasteiger partial charge in [0.25, 0.3) is 0 Å². The van der Waals surface area contributed by atoms with E-state index in [1.54, 1.807) is 7.05 Å².